The molecule has 3 aromatic rings. The van der Waals surface area contributed by atoms with Crippen molar-refractivity contribution in [3.05, 3.63) is 88.7 Å². The van der Waals surface area contributed by atoms with Crippen LogP contribution >= 0.6 is 0 Å². The molecular weight excluding hydrogens is 453 g/mol. The van der Waals surface area contributed by atoms with Gasteiger partial charge in [0.1, 0.15) is 11.6 Å². The van der Waals surface area contributed by atoms with Crippen molar-refractivity contribution in [2.75, 3.05) is 17.2 Å². The van der Waals surface area contributed by atoms with Crippen LogP contribution in [-0.4, -0.2) is 35.1 Å². The van der Waals surface area contributed by atoms with Crippen molar-refractivity contribution in [3.63, 3.8) is 0 Å². The van der Waals surface area contributed by atoms with Gasteiger partial charge in [0.25, 0.3) is 17.7 Å². The van der Waals surface area contributed by atoms with E-state index in [0.717, 1.165) is 11.0 Å². The van der Waals surface area contributed by atoms with Crippen molar-refractivity contribution in [3.8, 4) is 5.75 Å². The highest BCUT2D eigenvalue weighted by molar-refractivity contribution is 6.21. The van der Waals surface area contributed by atoms with Crippen LogP contribution in [0.25, 0.3) is 0 Å². The molecule has 1 aliphatic heterocycles. The average molecular weight is 475 g/mol. The second-order valence-corrected chi connectivity index (χ2v) is 7.84. The van der Waals surface area contributed by atoms with Gasteiger partial charge in [0, 0.05) is 12.6 Å². The lowest BCUT2D eigenvalue weighted by Crippen LogP contribution is -2.29. The number of amides is 4. The Bertz CT molecular complexity index is 1320. The first-order valence-electron chi connectivity index (χ1n) is 10.9. The Kier molecular flexibility index (Phi) is 6.59. The topological polar surface area (TPSA) is 105 Å². The molecule has 1 heterocycles. The molecule has 0 atom stereocenters. The molecule has 0 radical (unpaired) electrons. The minimum absolute atomic E-state index is 0.0255. The quantitative estimate of drug-likeness (QED) is 0.498. The molecule has 4 amide bonds. The van der Waals surface area contributed by atoms with E-state index in [1.165, 1.54) is 19.1 Å². The summed E-state index contributed by atoms with van der Waals surface area (Å²) in [7, 11) is 0. The van der Waals surface area contributed by atoms with Gasteiger partial charge in [-0.2, -0.15) is 0 Å². The molecule has 178 valence electrons. The molecule has 1 aliphatic rings. The molecule has 8 nitrogen and oxygen atoms in total. The zero-order valence-corrected chi connectivity index (χ0v) is 19.1. The molecule has 0 aliphatic carbocycles. The zero-order chi connectivity index (χ0) is 25.1. The molecule has 2 N–H and O–H groups in total. The number of hydrogen-bond acceptors (Lipinski definition) is 5. The Balaban J connectivity index is 1.59. The van der Waals surface area contributed by atoms with Crippen molar-refractivity contribution in [1.82, 2.24) is 4.90 Å². The Morgan fingerprint density at radius 3 is 2.26 bits per heavy atom. The van der Waals surface area contributed by atoms with Gasteiger partial charge in [-0.15, -0.1) is 0 Å². The minimum Gasteiger partial charge on any atom is -0.493 e. The van der Waals surface area contributed by atoms with Gasteiger partial charge in [0.2, 0.25) is 5.91 Å². The summed E-state index contributed by atoms with van der Waals surface area (Å²) in [5.41, 5.74) is 1.59. The highest BCUT2D eigenvalue weighted by atomic mass is 19.1. The zero-order valence-electron chi connectivity index (χ0n) is 19.1. The Morgan fingerprint density at radius 2 is 1.63 bits per heavy atom. The molecule has 0 spiro atoms. The number of imide groups is 1. The highest BCUT2D eigenvalue weighted by Gasteiger charge is 2.35. The van der Waals surface area contributed by atoms with E-state index in [1.807, 2.05) is 0 Å². The van der Waals surface area contributed by atoms with Crippen molar-refractivity contribution >= 4 is 35.0 Å². The van der Waals surface area contributed by atoms with Gasteiger partial charge in [0.15, 0.2) is 0 Å². The summed E-state index contributed by atoms with van der Waals surface area (Å²) in [6, 6.07) is 15.2. The van der Waals surface area contributed by atoms with Crippen LogP contribution in [0.2, 0.25) is 0 Å². The fourth-order valence-electron chi connectivity index (χ4n) is 3.79. The number of fused-ring (bicyclic) bond motifs is 1. The summed E-state index contributed by atoms with van der Waals surface area (Å²) in [5.74, 6) is -2.13. The smallest absolute Gasteiger partial charge is 0.261 e. The number of carbonyl (C=O) groups is 4. The van der Waals surface area contributed by atoms with E-state index in [2.05, 4.69) is 10.6 Å². The van der Waals surface area contributed by atoms with Crippen LogP contribution < -0.4 is 15.4 Å². The molecule has 0 unspecified atom stereocenters. The van der Waals surface area contributed by atoms with Crippen LogP contribution in [0.5, 0.6) is 5.75 Å². The summed E-state index contributed by atoms with van der Waals surface area (Å²) in [6.45, 7) is 3.30. The number of nitrogens with zero attached hydrogens (tertiary/aromatic N) is 1. The Labute approximate surface area is 200 Å². The molecule has 0 saturated heterocycles. The summed E-state index contributed by atoms with van der Waals surface area (Å²) in [6.07, 6.45) is 0. The van der Waals surface area contributed by atoms with Crippen molar-refractivity contribution in [2.24, 2.45) is 0 Å². The molecule has 9 heteroatoms. The first-order chi connectivity index (χ1) is 16.8. The van der Waals surface area contributed by atoms with Gasteiger partial charge in [-0.3, -0.25) is 24.1 Å². The summed E-state index contributed by atoms with van der Waals surface area (Å²) >= 11 is 0. The predicted molar refractivity (Wildman–Crippen MR) is 127 cm³/mol. The standard InChI is InChI=1S/C26H22FN3O5/c1-3-35-23-11-8-16(14-30-25(33)18-6-4-5-7-19(18)26(30)34)12-20(23)24(32)29-17-9-10-21(27)22(13-17)28-15(2)31/h4-13H,3,14H2,1-2H3,(H,28,31)(H,29,32). The second-order valence-electron chi connectivity index (χ2n) is 7.84. The third kappa shape index (κ3) is 4.89. The first kappa shape index (κ1) is 23.6. The van der Waals surface area contributed by atoms with Crippen LogP contribution in [0.1, 0.15) is 50.5 Å². The van der Waals surface area contributed by atoms with E-state index in [-0.39, 0.29) is 23.5 Å². The molecular formula is C26H22FN3O5. The third-order valence-corrected chi connectivity index (χ3v) is 5.34. The van der Waals surface area contributed by atoms with Crippen LogP contribution in [-0.2, 0) is 11.3 Å². The lowest BCUT2D eigenvalue weighted by Gasteiger charge is -2.17. The van der Waals surface area contributed by atoms with Gasteiger partial charge >= 0.3 is 0 Å². The highest BCUT2D eigenvalue weighted by Crippen LogP contribution is 2.28. The van der Waals surface area contributed by atoms with Gasteiger partial charge in [-0.25, -0.2) is 4.39 Å². The van der Waals surface area contributed by atoms with E-state index in [4.69, 9.17) is 4.74 Å². The number of carbonyl (C=O) groups excluding carboxylic acids is 4. The van der Waals surface area contributed by atoms with E-state index in [1.54, 1.807) is 49.4 Å². The molecule has 4 rings (SSSR count). The normalized spacial score (nSPS) is 12.4. The van der Waals surface area contributed by atoms with E-state index < -0.39 is 29.4 Å². The predicted octanol–water partition coefficient (Wildman–Crippen LogP) is 4.23. The number of benzene rings is 3. The summed E-state index contributed by atoms with van der Waals surface area (Å²) in [5, 5.41) is 5.03. The SMILES string of the molecule is CCOc1ccc(CN2C(=O)c3ccccc3C2=O)cc1C(=O)Nc1ccc(F)c(NC(C)=O)c1. The second kappa shape index (κ2) is 9.76. The molecule has 0 saturated carbocycles. The summed E-state index contributed by atoms with van der Waals surface area (Å²) in [4.78, 5) is 51.0. The number of ether oxygens (including phenoxy) is 1. The largest absolute Gasteiger partial charge is 0.493 e. The van der Waals surface area contributed by atoms with Gasteiger partial charge < -0.3 is 15.4 Å². The molecule has 0 fully saturated rings. The van der Waals surface area contributed by atoms with Crippen LogP contribution in [0, 0.1) is 5.82 Å². The molecule has 3 aromatic carbocycles. The maximum absolute atomic E-state index is 14.0. The minimum atomic E-state index is -0.642. The number of halogens is 1. The lowest BCUT2D eigenvalue weighted by atomic mass is 10.1. The average Bonchev–Trinajstić information content (AvgIpc) is 3.07. The van der Waals surface area contributed by atoms with Crippen molar-refractivity contribution < 1.29 is 28.3 Å². The Hall–Kier alpha value is -4.53. The van der Waals surface area contributed by atoms with Gasteiger partial charge in [0.05, 0.1) is 35.5 Å². The van der Waals surface area contributed by atoms with Crippen molar-refractivity contribution in [1.29, 1.82) is 0 Å². The number of rotatable bonds is 7. The van der Waals surface area contributed by atoms with Gasteiger partial charge in [-0.1, -0.05) is 18.2 Å². The van der Waals surface area contributed by atoms with E-state index >= 15 is 0 Å². The summed E-state index contributed by atoms with van der Waals surface area (Å²) < 4.78 is 19.5. The fourth-order valence-corrected chi connectivity index (χ4v) is 3.79. The van der Waals surface area contributed by atoms with Gasteiger partial charge in [-0.05, 0) is 55.0 Å². The molecule has 0 aromatic heterocycles. The number of hydrogen-bond donors (Lipinski definition) is 2. The van der Waals surface area contributed by atoms with Crippen molar-refractivity contribution in [2.45, 2.75) is 20.4 Å². The van der Waals surface area contributed by atoms with Crippen LogP contribution in [0.4, 0.5) is 15.8 Å². The Morgan fingerprint density at radius 1 is 0.943 bits per heavy atom. The number of nitrogens with one attached hydrogen (secondary N) is 2. The maximum Gasteiger partial charge on any atom is 0.261 e. The number of anilines is 2. The molecule has 0 bridgehead atoms. The van der Waals surface area contributed by atoms with E-state index in [0.29, 0.717) is 29.0 Å². The molecule has 35 heavy (non-hydrogen) atoms. The van der Waals surface area contributed by atoms with Crippen LogP contribution in [0.15, 0.2) is 60.7 Å². The maximum atomic E-state index is 14.0. The lowest BCUT2D eigenvalue weighted by molar-refractivity contribution is -0.114. The first-order valence-corrected chi connectivity index (χ1v) is 10.9. The monoisotopic (exact) mass is 475 g/mol. The van der Waals surface area contributed by atoms with Crippen LogP contribution in [0.3, 0.4) is 0 Å². The third-order valence-electron chi connectivity index (χ3n) is 5.34. The fraction of sp³-hybridized carbons (Fsp3) is 0.154. The van der Waals surface area contributed by atoms with E-state index in [9.17, 15) is 23.6 Å².